The molecule has 1 aromatic heterocycles. The Kier molecular flexibility index (Phi) is 1.97. The average Bonchev–Trinajstić information content (AvgIpc) is 2.08. The summed E-state index contributed by atoms with van der Waals surface area (Å²) in [4.78, 5) is 7.23. The van der Waals surface area contributed by atoms with Gasteiger partial charge in [0.05, 0.1) is 5.69 Å². The lowest BCUT2D eigenvalue weighted by Crippen LogP contribution is -2.12. The molecule has 1 rings (SSSR count). The third-order valence-corrected chi connectivity index (χ3v) is 1.80. The predicted octanol–water partition coefficient (Wildman–Crippen LogP) is 2.67. The second-order valence-corrected chi connectivity index (χ2v) is 4.10. The zero-order valence-electron chi connectivity index (χ0n) is 7.33. The molecule has 1 aromatic rings. The van der Waals surface area contributed by atoms with E-state index < -0.39 is 0 Å². The molecule has 0 aliphatic heterocycles. The van der Waals surface area contributed by atoms with Crippen molar-refractivity contribution < 1.29 is 0 Å². The lowest BCUT2D eigenvalue weighted by molar-refractivity contribution is 0.572. The first-order valence-electron chi connectivity index (χ1n) is 3.64. The molecule has 0 aliphatic carbocycles. The molecule has 1 heterocycles. The van der Waals surface area contributed by atoms with Gasteiger partial charge in [-0.2, -0.15) is 0 Å². The summed E-state index contributed by atoms with van der Waals surface area (Å²) in [5.74, 6) is 0.875. The van der Waals surface area contributed by atoms with Crippen molar-refractivity contribution in [2.75, 3.05) is 0 Å². The van der Waals surface area contributed by atoms with Gasteiger partial charge < -0.3 is 4.98 Å². The van der Waals surface area contributed by atoms with E-state index >= 15 is 0 Å². The number of aryl methyl sites for hydroxylation is 1. The first-order valence-corrected chi connectivity index (χ1v) is 4.01. The van der Waals surface area contributed by atoms with E-state index in [1.165, 1.54) is 0 Å². The minimum Gasteiger partial charge on any atom is -0.344 e. The fraction of sp³-hybridized carbons (Fsp3) is 0.625. The van der Waals surface area contributed by atoms with E-state index in [-0.39, 0.29) is 5.41 Å². The first kappa shape index (κ1) is 8.60. The van der Waals surface area contributed by atoms with E-state index in [0.29, 0.717) is 5.15 Å². The Bertz CT molecular complexity index is 258. The van der Waals surface area contributed by atoms with Crippen LogP contribution < -0.4 is 0 Å². The zero-order valence-corrected chi connectivity index (χ0v) is 8.08. The molecule has 0 bridgehead atoms. The number of imidazole rings is 1. The lowest BCUT2D eigenvalue weighted by atomic mass is 9.93. The minimum atomic E-state index is 0.0539. The number of aromatic nitrogens is 2. The van der Waals surface area contributed by atoms with Gasteiger partial charge in [0.25, 0.3) is 0 Å². The van der Waals surface area contributed by atoms with Gasteiger partial charge in [0.2, 0.25) is 0 Å². The molecule has 0 unspecified atom stereocenters. The maximum absolute atomic E-state index is 5.89. The average molecular weight is 173 g/mol. The molecule has 3 heteroatoms. The molecular formula is C8H13ClN2. The molecule has 0 spiro atoms. The Morgan fingerprint density at radius 1 is 1.36 bits per heavy atom. The van der Waals surface area contributed by atoms with Crippen LogP contribution in [-0.4, -0.2) is 9.97 Å². The molecule has 11 heavy (non-hydrogen) atoms. The molecule has 0 fully saturated rings. The second-order valence-electron chi connectivity index (χ2n) is 3.74. The van der Waals surface area contributed by atoms with E-state index in [2.05, 4.69) is 30.7 Å². The number of aromatic amines is 1. The van der Waals surface area contributed by atoms with Crippen molar-refractivity contribution in [3.63, 3.8) is 0 Å². The van der Waals surface area contributed by atoms with Gasteiger partial charge in [0.15, 0.2) is 5.15 Å². The maximum Gasteiger partial charge on any atom is 0.150 e. The van der Waals surface area contributed by atoms with Crippen LogP contribution in [0.4, 0.5) is 0 Å². The zero-order chi connectivity index (χ0) is 8.65. The highest BCUT2D eigenvalue weighted by atomic mass is 35.5. The van der Waals surface area contributed by atoms with E-state index in [1.807, 2.05) is 6.92 Å². The normalized spacial score (nSPS) is 12.1. The summed E-state index contributed by atoms with van der Waals surface area (Å²) in [6, 6.07) is 0. The number of H-pyrrole nitrogens is 1. The highest BCUT2D eigenvalue weighted by molar-refractivity contribution is 6.30. The number of halogens is 1. The number of hydrogen-bond acceptors (Lipinski definition) is 1. The van der Waals surface area contributed by atoms with Gasteiger partial charge in [-0.05, 0) is 6.92 Å². The number of hydrogen-bond donors (Lipinski definition) is 1. The Balaban J connectivity index is 3.13. The number of nitrogens with zero attached hydrogens (tertiary/aromatic N) is 1. The van der Waals surface area contributed by atoms with Crippen LogP contribution >= 0.6 is 11.6 Å². The van der Waals surface area contributed by atoms with Crippen molar-refractivity contribution in [3.05, 3.63) is 16.7 Å². The van der Waals surface area contributed by atoms with Crippen molar-refractivity contribution in [1.82, 2.24) is 9.97 Å². The van der Waals surface area contributed by atoms with Gasteiger partial charge in [0, 0.05) is 5.41 Å². The smallest absolute Gasteiger partial charge is 0.150 e. The highest BCUT2D eigenvalue weighted by Crippen LogP contribution is 2.26. The summed E-state index contributed by atoms with van der Waals surface area (Å²) in [6.45, 7) is 8.21. The van der Waals surface area contributed by atoms with Crippen LogP contribution in [0.25, 0.3) is 0 Å². The van der Waals surface area contributed by atoms with Crippen molar-refractivity contribution >= 4 is 11.6 Å². The van der Waals surface area contributed by atoms with Crippen molar-refractivity contribution in [1.29, 1.82) is 0 Å². The molecular weight excluding hydrogens is 160 g/mol. The monoisotopic (exact) mass is 172 g/mol. The van der Waals surface area contributed by atoms with Gasteiger partial charge in [-0.15, -0.1) is 0 Å². The van der Waals surface area contributed by atoms with Crippen molar-refractivity contribution in [2.45, 2.75) is 33.1 Å². The highest BCUT2D eigenvalue weighted by Gasteiger charge is 2.20. The molecule has 1 N–H and O–H groups in total. The van der Waals surface area contributed by atoms with E-state index in [9.17, 15) is 0 Å². The Hall–Kier alpha value is -0.500. The van der Waals surface area contributed by atoms with Gasteiger partial charge in [0.1, 0.15) is 5.82 Å². The minimum absolute atomic E-state index is 0.0539. The molecule has 62 valence electrons. The van der Waals surface area contributed by atoms with Crippen molar-refractivity contribution in [3.8, 4) is 0 Å². The van der Waals surface area contributed by atoms with Crippen LogP contribution in [0.2, 0.25) is 5.15 Å². The molecule has 0 saturated heterocycles. The number of rotatable bonds is 0. The summed E-state index contributed by atoms with van der Waals surface area (Å²) >= 11 is 5.89. The molecule has 0 saturated carbocycles. The molecule has 2 nitrogen and oxygen atoms in total. The number of nitrogens with one attached hydrogen (secondary N) is 1. The summed E-state index contributed by atoms with van der Waals surface area (Å²) in [5, 5.41) is 0.593. The molecule has 0 radical (unpaired) electrons. The van der Waals surface area contributed by atoms with Gasteiger partial charge in [-0.3, -0.25) is 0 Å². The van der Waals surface area contributed by atoms with Crippen LogP contribution in [0.15, 0.2) is 0 Å². The van der Waals surface area contributed by atoms with Crippen LogP contribution in [-0.2, 0) is 5.41 Å². The summed E-state index contributed by atoms with van der Waals surface area (Å²) in [5.41, 5.74) is 1.06. The SMILES string of the molecule is Cc1nc(Cl)c(C(C)(C)C)[nH]1. The molecule has 0 aliphatic rings. The predicted molar refractivity (Wildman–Crippen MR) is 47.0 cm³/mol. The molecule has 0 aromatic carbocycles. The maximum atomic E-state index is 5.89. The van der Waals surface area contributed by atoms with E-state index in [0.717, 1.165) is 11.5 Å². The van der Waals surface area contributed by atoms with E-state index in [1.54, 1.807) is 0 Å². The Morgan fingerprint density at radius 3 is 2.09 bits per heavy atom. The standard InChI is InChI=1S/C8H13ClN2/c1-5-10-6(7(9)11-5)8(2,3)4/h1-4H3,(H,10,11). The summed E-state index contributed by atoms with van der Waals surface area (Å²) < 4.78 is 0. The fourth-order valence-corrected chi connectivity index (χ4v) is 1.42. The third-order valence-electron chi connectivity index (χ3n) is 1.53. The van der Waals surface area contributed by atoms with Crippen LogP contribution in [0.1, 0.15) is 32.3 Å². The fourth-order valence-electron chi connectivity index (χ4n) is 0.961. The summed E-state index contributed by atoms with van der Waals surface area (Å²) in [7, 11) is 0. The topological polar surface area (TPSA) is 28.7 Å². The van der Waals surface area contributed by atoms with Crippen LogP contribution in [0.5, 0.6) is 0 Å². The van der Waals surface area contributed by atoms with E-state index in [4.69, 9.17) is 11.6 Å². The van der Waals surface area contributed by atoms with Gasteiger partial charge >= 0.3 is 0 Å². The first-order chi connectivity index (χ1) is 4.91. The second kappa shape index (κ2) is 2.52. The largest absolute Gasteiger partial charge is 0.344 e. The van der Waals surface area contributed by atoms with Gasteiger partial charge in [-0.1, -0.05) is 32.4 Å². The lowest BCUT2D eigenvalue weighted by Gasteiger charge is -2.15. The molecule has 0 amide bonds. The van der Waals surface area contributed by atoms with Crippen molar-refractivity contribution in [2.24, 2.45) is 0 Å². The van der Waals surface area contributed by atoms with Crippen LogP contribution in [0, 0.1) is 6.92 Å². The summed E-state index contributed by atoms with van der Waals surface area (Å²) in [6.07, 6.45) is 0. The van der Waals surface area contributed by atoms with Gasteiger partial charge in [-0.25, -0.2) is 4.98 Å². The quantitative estimate of drug-likeness (QED) is 0.641. The van der Waals surface area contributed by atoms with Crippen LogP contribution in [0.3, 0.4) is 0 Å². The Morgan fingerprint density at radius 2 is 1.91 bits per heavy atom. The Labute approximate surface area is 72.0 Å². The molecule has 0 atom stereocenters. The third kappa shape index (κ3) is 1.74.